The molecule has 2 rings (SSSR count). The minimum absolute atomic E-state index is 0.344. The normalized spacial score (nSPS) is 9.40. The minimum Gasteiger partial charge on any atom is -0.396 e. The highest BCUT2D eigenvalue weighted by molar-refractivity contribution is 5.66. The summed E-state index contributed by atoms with van der Waals surface area (Å²) in [5.74, 6) is 0. The summed E-state index contributed by atoms with van der Waals surface area (Å²) in [5, 5.41) is 8.07. The quantitative estimate of drug-likeness (QED) is 0.644. The second kappa shape index (κ2) is 13.4. The summed E-state index contributed by atoms with van der Waals surface area (Å²) in [4.78, 5) is 0. The molecular weight excluding hydrogens is 304 g/mol. The van der Waals surface area contributed by atoms with Gasteiger partial charge in [-0.1, -0.05) is 81.8 Å². The lowest BCUT2D eigenvalue weighted by molar-refractivity contribution is 0.287. The molecule has 0 amide bonds. The molecule has 0 saturated carbocycles. The van der Waals surface area contributed by atoms with E-state index >= 15 is 0 Å². The van der Waals surface area contributed by atoms with Crippen molar-refractivity contribution in [3.8, 4) is 0 Å². The van der Waals surface area contributed by atoms with E-state index in [9.17, 15) is 0 Å². The standard InChI is InChI=1S/C18H20.C4H10O.C2H6/c1-13-6-5-7-18(10-13)16(4)12-17-9-8-14(2)15(3)11-17;1-2-3-4-5;1-2/h5-11H,4,12H2,1-3H3;5H,2-4H2,1H3;1-2H3. The summed E-state index contributed by atoms with van der Waals surface area (Å²) in [6.07, 6.45) is 2.96. The number of hydrogen-bond acceptors (Lipinski definition) is 1. The highest BCUT2D eigenvalue weighted by Crippen LogP contribution is 2.20. The lowest BCUT2D eigenvalue weighted by Gasteiger charge is -2.09. The Labute approximate surface area is 155 Å². The van der Waals surface area contributed by atoms with E-state index in [-0.39, 0.29) is 0 Å². The number of aliphatic hydroxyl groups excluding tert-OH is 1. The van der Waals surface area contributed by atoms with Crippen LogP contribution in [0.1, 0.15) is 61.4 Å². The maximum atomic E-state index is 8.07. The molecule has 0 aromatic heterocycles. The Kier molecular flexibility index (Phi) is 12.4. The van der Waals surface area contributed by atoms with Crippen LogP contribution in [0.3, 0.4) is 0 Å². The van der Waals surface area contributed by atoms with Gasteiger partial charge in [0.25, 0.3) is 0 Å². The number of aliphatic hydroxyl groups is 1. The fourth-order valence-electron chi connectivity index (χ4n) is 2.29. The number of aryl methyl sites for hydroxylation is 3. The summed E-state index contributed by atoms with van der Waals surface area (Å²) in [7, 11) is 0. The van der Waals surface area contributed by atoms with Crippen LogP contribution in [0, 0.1) is 20.8 Å². The molecule has 0 fully saturated rings. The third-order valence-electron chi connectivity index (χ3n) is 3.93. The van der Waals surface area contributed by atoms with Gasteiger partial charge in [-0.05, 0) is 61.4 Å². The Morgan fingerprint density at radius 2 is 1.64 bits per heavy atom. The molecule has 0 aliphatic carbocycles. The molecular formula is C24H36O. The second-order valence-electron chi connectivity index (χ2n) is 6.15. The molecule has 25 heavy (non-hydrogen) atoms. The molecule has 0 heterocycles. The molecule has 0 bridgehead atoms. The molecule has 2 aromatic carbocycles. The number of rotatable bonds is 5. The largest absolute Gasteiger partial charge is 0.396 e. The van der Waals surface area contributed by atoms with Gasteiger partial charge in [-0.15, -0.1) is 0 Å². The Hall–Kier alpha value is -1.86. The first-order valence-corrected chi connectivity index (χ1v) is 9.39. The van der Waals surface area contributed by atoms with E-state index in [1.54, 1.807) is 0 Å². The molecule has 0 aliphatic rings. The van der Waals surface area contributed by atoms with Crippen molar-refractivity contribution in [2.75, 3.05) is 6.61 Å². The van der Waals surface area contributed by atoms with Gasteiger partial charge in [0.2, 0.25) is 0 Å². The molecule has 0 saturated heterocycles. The van der Waals surface area contributed by atoms with Crippen LogP contribution in [0.5, 0.6) is 0 Å². The molecule has 1 heteroatoms. The highest BCUT2D eigenvalue weighted by Gasteiger charge is 2.02. The van der Waals surface area contributed by atoms with Crippen LogP contribution in [-0.2, 0) is 6.42 Å². The van der Waals surface area contributed by atoms with Crippen molar-refractivity contribution < 1.29 is 5.11 Å². The van der Waals surface area contributed by atoms with Crippen LogP contribution in [0.2, 0.25) is 0 Å². The summed E-state index contributed by atoms with van der Waals surface area (Å²) >= 11 is 0. The van der Waals surface area contributed by atoms with Crippen molar-refractivity contribution in [2.45, 2.75) is 60.8 Å². The topological polar surface area (TPSA) is 20.2 Å². The lowest BCUT2D eigenvalue weighted by Crippen LogP contribution is -1.92. The van der Waals surface area contributed by atoms with Crippen molar-refractivity contribution in [3.63, 3.8) is 0 Å². The van der Waals surface area contributed by atoms with E-state index < -0.39 is 0 Å². The predicted molar refractivity (Wildman–Crippen MR) is 113 cm³/mol. The van der Waals surface area contributed by atoms with Crippen molar-refractivity contribution in [3.05, 3.63) is 76.9 Å². The van der Waals surface area contributed by atoms with Crippen LogP contribution in [0.25, 0.3) is 5.57 Å². The summed E-state index contributed by atoms with van der Waals surface area (Å²) < 4.78 is 0. The van der Waals surface area contributed by atoms with Crippen LogP contribution in [0.15, 0.2) is 49.0 Å². The van der Waals surface area contributed by atoms with Gasteiger partial charge >= 0.3 is 0 Å². The predicted octanol–water partition coefficient (Wildman–Crippen LogP) is 6.67. The summed E-state index contributed by atoms with van der Waals surface area (Å²) in [6, 6.07) is 15.2. The van der Waals surface area contributed by atoms with Crippen LogP contribution >= 0.6 is 0 Å². The second-order valence-corrected chi connectivity index (χ2v) is 6.15. The third-order valence-corrected chi connectivity index (χ3v) is 3.93. The maximum absolute atomic E-state index is 8.07. The summed E-state index contributed by atoms with van der Waals surface area (Å²) in [6.45, 7) is 17.0. The van der Waals surface area contributed by atoms with E-state index in [1.165, 1.54) is 33.4 Å². The fourth-order valence-corrected chi connectivity index (χ4v) is 2.29. The van der Waals surface area contributed by atoms with Crippen molar-refractivity contribution in [1.82, 2.24) is 0 Å². The number of allylic oxidation sites excluding steroid dienone is 1. The van der Waals surface area contributed by atoms with Gasteiger partial charge < -0.3 is 5.11 Å². The van der Waals surface area contributed by atoms with Gasteiger partial charge in [-0.25, -0.2) is 0 Å². The average Bonchev–Trinajstić information content (AvgIpc) is 2.61. The molecule has 0 unspecified atom stereocenters. The Bertz CT molecular complexity index is 624. The van der Waals surface area contributed by atoms with Gasteiger partial charge in [0.05, 0.1) is 0 Å². The minimum atomic E-state index is 0.344. The zero-order valence-electron chi connectivity index (χ0n) is 17.0. The SMILES string of the molecule is C=C(Cc1ccc(C)c(C)c1)c1cccc(C)c1.CC.CCCCO. The van der Waals surface area contributed by atoms with Crippen LogP contribution in [0.4, 0.5) is 0 Å². The van der Waals surface area contributed by atoms with Crippen molar-refractivity contribution in [1.29, 1.82) is 0 Å². The first-order valence-electron chi connectivity index (χ1n) is 9.39. The molecule has 0 aliphatic heterocycles. The lowest BCUT2D eigenvalue weighted by atomic mass is 9.96. The number of unbranched alkanes of at least 4 members (excludes halogenated alkanes) is 1. The van der Waals surface area contributed by atoms with Gasteiger partial charge in [0.1, 0.15) is 0 Å². The first kappa shape index (κ1) is 23.1. The van der Waals surface area contributed by atoms with Crippen LogP contribution < -0.4 is 0 Å². The number of hydrogen-bond donors (Lipinski definition) is 1. The van der Waals surface area contributed by atoms with Gasteiger partial charge in [0, 0.05) is 6.61 Å². The van der Waals surface area contributed by atoms with Gasteiger partial charge in [0.15, 0.2) is 0 Å². The van der Waals surface area contributed by atoms with Crippen molar-refractivity contribution in [2.24, 2.45) is 0 Å². The highest BCUT2D eigenvalue weighted by atomic mass is 16.2. The molecule has 138 valence electrons. The van der Waals surface area contributed by atoms with E-state index in [1.807, 2.05) is 13.8 Å². The van der Waals surface area contributed by atoms with E-state index in [2.05, 4.69) is 76.7 Å². The zero-order chi connectivity index (χ0) is 19.2. The first-order chi connectivity index (χ1) is 12.0. The molecule has 1 nitrogen and oxygen atoms in total. The Morgan fingerprint density at radius 1 is 0.960 bits per heavy atom. The van der Waals surface area contributed by atoms with E-state index in [0.29, 0.717) is 6.61 Å². The molecule has 0 atom stereocenters. The summed E-state index contributed by atoms with van der Waals surface area (Å²) in [5.41, 5.74) is 7.75. The van der Waals surface area contributed by atoms with Gasteiger partial charge in [-0.3, -0.25) is 0 Å². The van der Waals surface area contributed by atoms with E-state index in [0.717, 1.165) is 19.3 Å². The average molecular weight is 341 g/mol. The zero-order valence-corrected chi connectivity index (χ0v) is 17.0. The van der Waals surface area contributed by atoms with E-state index in [4.69, 9.17) is 5.11 Å². The molecule has 2 aromatic rings. The van der Waals surface area contributed by atoms with Crippen LogP contribution in [-0.4, -0.2) is 11.7 Å². The molecule has 0 radical (unpaired) electrons. The maximum Gasteiger partial charge on any atom is 0.0430 e. The fraction of sp³-hybridized carbons (Fsp3) is 0.417. The molecule has 1 N–H and O–H groups in total. The third kappa shape index (κ3) is 9.26. The smallest absolute Gasteiger partial charge is 0.0430 e. The molecule has 0 spiro atoms. The van der Waals surface area contributed by atoms with Crippen molar-refractivity contribution >= 4 is 5.57 Å². The number of benzene rings is 2. The monoisotopic (exact) mass is 340 g/mol. The van der Waals surface area contributed by atoms with Gasteiger partial charge in [-0.2, -0.15) is 0 Å². The Balaban J connectivity index is 0.000000710. The Morgan fingerprint density at radius 3 is 2.12 bits per heavy atom.